The average molecular weight is 475 g/mol. The van der Waals surface area contributed by atoms with Crippen LogP contribution in [0.3, 0.4) is 0 Å². The first-order valence-electron chi connectivity index (χ1n) is 10.7. The van der Waals surface area contributed by atoms with E-state index in [1.54, 1.807) is 49.2 Å². The van der Waals surface area contributed by atoms with E-state index in [1.165, 1.54) is 13.4 Å². The molecule has 0 radical (unpaired) electrons. The summed E-state index contributed by atoms with van der Waals surface area (Å²) in [4.78, 5) is 27.2. The largest absolute Gasteiger partial charge is 0.497 e. The molecule has 1 atom stereocenters. The van der Waals surface area contributed by atoms with Gasteiger partial charge in [0.15, 0.2) is 0 Å². The highest BCUT2D eigenvalue weighted by atomic mass is 32.2. The number of thioether (sulfide) groups is 1. The van der Waals surface area contributed by atoms with Gasteiger partial charge in [-0.15, -0.1) is 11.8 Å². The fourth-order valence-corrected chi connectivity index (χ4v) is 4.78. The maximum atomic E-state index is 13.7. The number of methoxy groups -OCH3 is 2. The number of fused-ring (bicyclic) bond motifs is 3. The van der Waals surface area contributed by atoms with Crippen molar-refractivity contribution in [1.82, 2.24) is 0 Å². The summed E-state index contributed by atoms with van der Waals surface area (Å²) in [6, 6.07) is 16.8. The van der Waals surface area contributed by atoms with Crippen LogP contribution in [0, 0.1) is 0 Å². The lowest BCUT2D eigenvalue weighted by Crippen LogP contribution is -2.22. The standard InChI is InChI=1S/C27H22O6S/c1-30-17-8-4-16(5-9-17)20-14-32-27-24-19(15-6-10-18(34-3)11-7-15)12-23(28)33-22(24)13-21(31-2)25(27)26(20)29/h4-11,13-14,19H,12H2,1-3H3. The molecule has 2 heterocycles. The molecule has 1 unspecified atom stereocenters. The van der Waals surface area contributed by atoms with Gasteiger partial charge in [-0.2, -0.15) is 0 Å². The molecule has 0 N–H and O–H groups in total. The highest BCUT2D eigenvalue weighted by Crippen LogP contribution is 2.46. The Morgan fingerprint density at radius 1 is 0.971 bits per heavy atom. The second-order valence-corrected chi connectivity index (χ2v) is 8.79. The van der Waals surface area contributed by atoms with Gasteiger partial charge in [0, 0.05) is 22.4 Å². The number of ether oxygens (including phenoxy) is 3. The molecule has 3 aromatic carbocycles. The van der Waals surface area contributed by atoms with Crippen LogP contribution in [0.4, 0.5) is 0 Å². The second-order valence-electron chi connectivity index (χ2n) is 7.91. The number of esters is 1. The highest BCUT2D eigenvalue weighted by molar-refractivity contribution is 7.98. The van der Waals surface area contributed by atoms with Crippen LogP contribution in [0.5, 0.6) is 17.2 Å². The smallest absolute Gasteiger partial charge is 0.312 e. The molecule has 7 heteroatoms. The molecule has 0 saturated carbocycles. The summed E-state index contributed by atoms with van der Waals surface area (Å²) >= 11 is 1.65. The van der Waals surface area contributed by atoms with Crippen molar-refractivity contribution in [2.24, 2.45) is 0 Å². The minimum Gasteiger partial charge on any atom is -0.497 e. The minimum atomic E-state index is -0.343. The summed E-state index contributed by atoms with van der Waals surface area (Å²) in [5.41, 5.74) is 2.87. The topological polar surface area (TPSA) is 75.0 Å². The normalized spacial score (nSPS) is 15.0. The van der Waals surface area contributed by atoms with Gasteiger partial charge < -0.3 is 18.6 Å². The Balaban J connectivity index is 1.74. The van der Waals surface area contributed by atoms with Gasteiger partial charge in [-0.05, 0) is 41.6 Å². The van der Waals surface area contributed by atoms with E-state index in [4.69, 9.17) is 18.6 Å². The predicted molar refractivity (Wildman–Crippen MR) is 131 cm³/mol. The molecule has 1 aliphatic rings. The first kappa shape index (κ1) is 22.1. The third-order valence-electron chi connectivity index (χ3n) is 6.09. The molecule has 0 amide bonds. The zero-order chi connectivity index (χ0) is 23.8. The van der Waals surface area contributed by atoms with Crippen LogP contribution >= 0.6 is 11.8 Å². The monoisotopic (exact) mass is 474 g/mol. The second kappa shape index (κ2) is 8.91. The van der Waals surface area contributed by atoms with Crippen molar-refractivity contribution < 1.29 is 23.4 Å². The van der Waals surface area contributed by atoms with Gasteiger partial charge in [0.1, 0.15) is 34.5 Å². The fourth-order valence-electron chi connectivity index (χ4n) is 4.37. The van der Waals surface area contributed by atoms with Crippen molar-refractivity contribution in [3.05, 3.63) is 82.2 Å². The quantitative estimate of drug-likeness (QED) is 0.210. The zero-order valence-corrected chi connectivity index (χ0v) is 19.7. The van der Waals surface area contributed by atoms with Crippen LogP contribution in [0.1, 0.15) is 23.5 Å². The molecule has 0 bridgehead atoms. The number of hydrogen-bond donors (Lipinski definition) is 0. The van der Waals surface area contributed by atoms with E-state index in [9.17, 15) is 9.59 Å². The Labute approximate surface area is 200 Å². The summed E-state index contributed by atoms with van der Waals surface area (Å²) in [5.74, 6) is 0.683. The summed E-state index contributed by atoms with van der Waals surface area (Å²) < 4.78 is 22.4. The van der Waals surface area contributed by atoms with Gasteiger partial charge in [-0.25, -0.2) is 0 Å². The maximum absolute atomic E-state index is 13.7. The van der Waals surface area contributed by atoms with E-state index in [2.05, 4.69) is 0 Å². The molecule has 0 aliphatic carbocycles. The van der Waals surface area contributed by atoms with Crippen LogP contribution in [0.15, 0.2) is 75.0 Å². The third kappa shape index (κ3) is 3.72. The van der Waals surface area contributed by atoms with Crippen LogP contribution in [0.25, 0.3) is 22.1 Å². The number of benzene rings is 3. The van der Waals surface area contributed by atoms with Crippen molar-refractivity contribution in [1.29, 1.82) is 0 Å². The molecule has 5 rings (SSSR count). The molecule has 6 nitrogen and oxygen atoms in total. The van der Waals surface area contributed by atoms with Crippen LogP contribution in [-0.4, -0.2) is 26.4 Å². The lowest BCUT2D eigenvalue weighted by molar-refractivity contribution is -0.135. The Morgan fingerprint density at radius 2 is 1.71 bits per heavy atom. The molecule has 1 aromatic heterocycles. The Hall–Kier alpha value is -3.71. The molecule has 172 valence electrons. The minimum absolute atomic E-state index is 0.150. The van der Waals surface area contributed by atoms with Crippen molar-refractivity contribution >= 4 is 28.7 Å². The lowest BCUT2D eigenvalue weighted by atomic mass is 9.85. The van der Waals surface area contributed by atoms with E-state index in [0.717, 1.165) is 10.5 Å². The number of carbonyl (C=O) groups is 1. The van der Waals surface area contributed by atoms with Crippen molar-refractivity contribution in [3.63, 3.8) is 0 Å². The zero-order valence-electron chi connectivity index (χ0n) is 18.9. The van der Waals surface area contributed by atoms with E-state index in [0.29, 0.717) is 44.9 Å². The van der Waals surface area contributed by atoms with Gasteiger partial charge in [0.2, 0.25) is 5.43 Å². The lowest BCUT2D eigenvalue weighted by Gasteiger charge is -2.26. The molecule has 34 heavy (non-hydrogen) atoms. The van der Waals surface area contributed by atoms with Crippen LogP contribution in [0.2, 0.25) is 0 Å². The number of carbonyl (C=O) groups excluding carboxylic acids is 1. The summed E-state index contributed by atoms with van der Waals surface area (Å²) in [7, 11) is 3.06. The van der Waals surface area contributed by atoms with Crippen LogP contribution < -0.4 is 19.6 Å². The SMILES string of the molecule is COc1ccc(-c2coc3c4c(cc(OC)c3c2=O)OC(=O)CC4c2ccc(SC)cc2)cc1. The Bertz CT molecular complexity index is 1440. The molecule has 4 aromatic rings. The van der Waals surface area contributed by atoms with Crippen molar-refractivity contribution in [2.75, 3.05) is 20.5 Å². The summed E-state index contributed by atoms with van der Waals surface area (Å²) in [6.07, 6.45) is 3.62. The van der Waals surface area contributed by atoms with Gasteiger partial charge in [-0.1, -0.05) is 24.3 Å². The Kier molecular flexibility index (Phi) is 5.79. The molecule has 0 saturated heterocycles. The first-order valence-corrected chi connectivity index (χ1v) is 11.9. The predicted octanol–water partition coefficient (Wildman–Crippen LogP) is 5.64. The molecule has 0 fully saturated rings. The van der Waals surface area contributed by atoms with Gasteiger partial charge in [-0.3, -0.25) is 9.59 Å². The van der Waals surface area contributed by atoms with Crippen LogP contribution in [-0.2, 0) is 4.79 Å². The molecule has 0 spiro atoms. The van der Waals surface area contributed by atoms with Gasteiger partial charge >= 0.3 is 5.97 Å². The highest BCUT2D eigenvalue weighted by Gasteiger charge is 2.34. The van der Waals surface area contributed by atoms with Gasteiger partial charge in [0.05, 0.1) is 26.2 Å². The van der Waals surface area contributed by atoms with E-state index < -0.39 is 0 Å². The molecular weight excluding hydrogens is 452 g/mol. The third-order valence-corrected chi connectivity index (χ3v) is 6.84. The molecule has 1 aliphatic heterocycles. The van der Waals surface area contributed by atoms with E-state index in [-0.39, 0.29) is 23.7 Å². The van der Waals surface area contributed by atoms with Crippen molar-refractivity contribution in [2.45, 2.75) is 17.2 Å². The fraction of sp³-hybridized carbons (Fsp3) is 0.185. The maximum Gasteiger partial charge on any atom is 0.312 e. The molecular formula is C27H22O6S. The number of rotatable bonds is 5. The van der Waals surface area contributed by atoms with E-state index >= 15 is 0 Å². The Morgan fingerprint density at radius 3 is 2.35 bits per heavy atom. The summed E-state index contributed by atoms with van der Waals surface area (Å²) in [5, 5.41) is 0.318. The number of hydrogen-bond acceptors (Lipinski definition) is 7. The first-order chi connectivity index (χ1) is 16.5. The summed E-state index contributed by atoms with van der Waals surface area (Å²) in [6.45, 7) is 0. The van der Waals surface area contributed by atoms with E-state index in [1.807, 2.05) is 30.5 Å². The average Bonchev–Trinajstić information content (AvgIpc) is 2.87. The van der Waals surface area contributed by atoms with Gasteiger partial charge in [0.25, 0.3) is 0 Å². The van der Waals surface area contributed by atoms with Crippen molar-refractivity contribution in [3.8, 4) is 28.4 Å².